The lowest BCUT2D eigenvalue weighted by atomic mass is 10.00. The second-order valence-corrected chi connectivity index (χ2v) is 9.25. The number of para-hydroxylation sites is 1. The quantitative estimate of drug-likeness (QED) is 0.591. The molecular formula is C24H23N2O4P. The molecule has 0 bridgehead atoms. The third-order valence-corrected chi connectivity index (χ3v) is 5.97. The fourth-order valence-corrected chi connectivity index (χ4v) is 4.42. The van der Waals surface area contributed by atoms with E-state index in [1.165, 1.54) is 0 Å². The molecule has 0 unspecified atom stereocenters. The highest BCUT2D eigenvalue weighted by molar-refractivity contribution is 7.50. The molecule has 0 fully saturated rings. The van der Waals surface area contributed by atoms with Crippen molar-refractivity contribution >= 4 is 24.9 Å². The maximum atomic E-state index is 13.3. The lowest BCUT2D eigenvalue weighted by Crippen LogP contribution is -2.36. The molecular weight excluding hydrogens is 411 g/mol. The van der Waals surface area contributed by atoms with E-state index in [0.717, 1.165) is 28.1 Å². The first kappa shape index (κ1) is 21.2. The molecule has 1 aliphatic rings. The Morgan fingerprint density at radius 2 is 1.52 bits per heavy atom. The average molecular weight is 434 g/mol. The molecule has 3 aromatic carbocycles. The summed E-state index contributed by atoms with van der Waals surface area (Å²) in [7, 11) is -4.12. The van der Waals surface area contributed by atoms with Crippen molar-refractivity contribution < 1.29 is 19.1 Å². The first-order chi connectivity index (χ1) is 14.8. The van der Waals surface area contributed by atoms with Crippen molar-refractivity contribution in [3.8, 4) is 0 Å². The summed E-state index contributed by atoms with van der Waals surface area (Å²) < 4.78 is 11.2. The molecule has 3 aromatic rings. The molecule has 1 atom stereocenters. The number of rotatable bonds is 5. The summed E-state index contributed by atoms with van der Waals surface area (Å²) in [5.41, 5.74) is 4.86. The van der Waals surface area contributed by atoms with Gasteiger partial charge in [0.1, 0.15) is 6.04 Å². The highest BCUT2D eigenvalue weighted by Crippen LogP contribution is 2.39. The summed E-state index contributed by atoms with van der Waals surface area (Å²) in [6.07, 6.45) is -0.302. The van der Waals surface area contributed by atoms with Gasteiger partial charge in [-0.3, -0.25) is 14.4 Å². The van der Waals surface area contributed by atoms with Crippen LogP contribution in [-0.2, 0) is 22.1 Å². The summed E-state index contributed by atoms with van der Waals surface area (Å²) in [6.45, 7) is 2.14. The van der Waals surface area contributed by atoms with Crippen LogP contribution in [0.1, 0.15) is 29.2 Å². The van der Waals surface area contributed by atoms with Crippen molar-refractivity contribution in [2.45, 2.75) is 25.7 Å². The van der Waals surface area contributed by atoms with Crippen molar-refractivity contribution in [3.05, 3.63) is 101 Å². The SMILES string of the molecule is C[C@@H]1N=C(c2ccccc2)c2ccccc2N(Cc2ccc(CP(=O)(O)O)cc2)C1=O. The van der Waals surface area contributed by atoms with E-state index >= 15 is 0 Å². The van der Waals surface area contributed by atoms with Gasteiger partial charge in [0.15, 0.2) is 0 Å². The zero-order valence-electron chi connectivity index (χ0n) is 17.0. The smallest absolute Gasteiger partial charge is 0.324 e. The highest BCUT2D eigenvalue weighted by Gasteiger charge is 2.29. The molecule has 0 aliphatic carbocycles. The number of hydrogen-bond acceptors (Lipinski definition) is 3. The standard InChI is InChI=1S/C24H23N2O4P/c1-17-24(27)26(15-18-11-13-19(14-12-18)16-31(28,29)30)22-10-6-5-9-21(22)23(25-17)20-7-3-2-4-8-20/h2-14,17H,15-16H2,1H3,(H2,28,29,30)/t17-/m0/s1. The Labute approximate surface area is 181 Å². The number of hydrogen-bond donors (Lipinski definition) is 2. The predicted octanol–water partition coefficient (Wildman–Crippen LogP) is 4.14. The third-order valence-electron chi connectivity index (χ3n) is 5.20. The lowest BCUT2D eigenvalue weighted by Gasteiger charge is -2.24. The van der Waals surface area contributed by atoms with Crippen molar-refractivity contribution in [3.63, 3.8) is 0 Å². The van der Waals surface area contributed by atoms with Crippen LogP contribution >= 0.6 is 7.60 Å². The fraction of sp³-hybridized carbons (Fsp3) is 0.167. The van der Waals surface area contributed by atoms with Gasteiger partial charge in [-0.15, -0.1) is 0 Å². The van der Waals surface area contributed by atoms with Crippen LogP contribution in [0.5, 0.6) is 0 Å². The first-order valence-electron chi connectivity index (χ1n) is 9.98. The Morgan fingerprint density at radius 3 is 2.19 bits per heavy atom. The van der Waals surface area contributed by atoms with Crippen LogP contribution in [0.15, 0.2) is 83.9 Å². The van der Waals surface area contributed by atoms with Crippen LogP contribution in [0.4, 0.5) is 5.69 Å². The third kappa shape index (κ3) is 4.83. The van der Waals surface area contributed by atoms with Crippen LogP contribution in [-0.4, -0.2) is 27.4 Å². The Kier molecular flexibility index (Phi) is 5.88. The number of anilines is 1. The number of nitrogens with zero attached hydrogens (tertiary/aromatic N) is 2. The van der Waals surface area contributed by atoms with Gasteiger partial charge in [-0.05, 0) is 24.1 Å². The van der Waals surface area contributed by atoms with Crippen LogP contribution in [0.3, 0.4) is 0 Å². The molecule has 0 spiro atoms. The number of benzene rings is 3. The van der Waals surface area contributed by atoms with Gasteiger partial charge >= 0.3 is 7.60 Å². The predicted molar refractivity (Wildman–Crippen MR) is 121 cm³/mol. The molecule has 31 heavy (non-hydrogen) atoms. The normalized spacial score (nSPS) is 16.5. The summed E-state index contributed by atoms with van der Waals surface area (Å²) in [4.78, 5) is 38.1. The van der Waals surface area contributed by atoms with Gasteiger partial charge in [0.2, 0.25) is 0 Å². The van der Waals surface area contributed by atoms with E-state index < -0.39 is 13.6 Å². The summed E-state index contributed by atoms with van der Waals surface area (Å²) in [6, 6.07) is 24.0. The van der Waals surface area contributed by atoms with Crippen LogP contribution in [0, 0.1) is 0 Å². The summed E-state index contributed by atoms with van der Waals surface area (Å²) >= 11 is 0. The minimum atomic E-state index is -4.12. The van der Waals surface area contributed by atoms with E-state index in [9.17, 15) is 19.1 Å². The Morgan fingerprint density at radius 1 is 0.903 bits per heavy atom. The molecule has 2 N–H and O–H groups in total. The van der Waals surface area contributed by atoms with Crippen LogP contribution in [0.2, 0.25) is 0 Å². The van der Waals surface area contributed by atoms with Gasteiger partial charge in [0, 0.05) is 11.1 Å². The molecule has 158 valence electrons. The molecule has 1 amide bonds. The minimum Gasteiger partial charge on any atom is -0.324 e. The average Bonchev–Trinajstić information content (AvgIpc) is 2.85. The highest BCUT2D eigenvalue weighted by atomic mass is 31.2. The second-order valence-electron chi connectivity index (χ2n) is 7.60. The van der Waals surface area contributed by atoms with E-state index in [0.29, 0.717) is 12.1 Å². The van der Waals surface area contributed by atoms with E-state index in [-0.39, 0.29) is 12.1 Å². The molecule has 0 radical (unpaired) electrons. The maximum Gasteiger partial charge on any atom is 0.329 e. The van der Waals surface area contributed by atoms with Crippen molar-refractivity contribution in [1.29, 1.82) is 0 Å². The van der Waals surface area contributed by atoms with Crippen LogP contribution < -0.4 is 4.90 Å². The molecule has 1 heterocycles. The number of aliphatic imine (C=N–C) groups is 1. The molecule has 1 aliphatic heterocycles. The van der Waals surface area contributed by atoms with Gasteiger partial charge in [-0.2, -0.15) is 0 Å². The molecule has 0 saturated heterocycles. The van der Waals surface area contributed by atoms with E-state index in [1.807, 2.05) is 54.6 Å². The van der Waals surface area contributed by atoms with Crippen LogP contribution in [0.25, 0.3) is 0 Å². The molecule has 0 aromatic heterocycles. The van der Waals surface area contributed by atoms with E-state index in [4.69, 9.17) is 4.99 Å². The number of carbonyl (C=O) groups excluding carboxylic acids is 1. The zero-order chi connectivity index (χ0) is 22.0. The molecule has 0 saturated carbocycles. The van der Waals surface area contributed by atoms with Gasteiger partial charge in [0.05, 0.1) is 24.1 Å². The van der Waals surface area contributed by atoms with Gasteiger partial charge in [-0.1, -0.05) is 72.8 Å². The van der Waals surface area contributed by atoms with Gasteiger partial charge in [-0.25, -0.2) is 0 Å². The number of amides is 1. The first-order valence-corrected chi connectivity index (χ1v) is 11.8. The van der Waals surface area contributed by atoms with E-state index in [1.54, 1.807) is 36.1 Å². The fourth-order valence-electron chi connectivity index (χ4n) is 3.73. The van der Waals surface area contributed by atoms with Crippen molar-refractivity contribution in [2.75, 3.05) is 4.90 Å². The lowest BCUT2D eigenvalue weighted by molar-refractivity contribution is -0.119. The second kappa shape index (κ2) is 8.60. The van der Waals surface area contributed by atoms with Gasteiger partial charge < -0.3 is 14.7 Å². The number of benzodiazepines with no additional fused rings is 1. The Hall–Kier alpha value is -3.05. The summed E-state index contributed by atoms with van der Waals surface area (Å²) in [5.74, 6) is -0.0994. The topological polar surface area (TPSA) is 90.2 Å². The van der Waals surface area contributed by atoms with Gasteiger partial charge in [0.25, 0.3) is 5.91 Å². The van der Waals surface area contributed by atoms with E-state index in [2.05, 4.69) is 0 Å². The molecule has 4 rings (SSSR count). The minimum absolute atomic E-state index is 0.0994. The van der Waals surface area contributed by atoms with Crippen molar-refractivity contribution in [2.24, 2.45) is 4.99 Å². The number of fused-ring (bicyclic) bond motifs is 1. The largest absolute Gasteiger partial charge is 0.329 e. The molecule has 7 heteroatoms. The monoisotopic (exact) mass is 434 g/mol. The molecule has 6 nitrogen and oxygen atoms in total. The van der Waals surface area contributed by atoms with Crippen molar-refractivity contribution in [1.82, 2.24) is 0 Å². The summed E-state index contributed by atoms with van der Waals surface area (Å²) in [5, 5.41) is 0. The Balaban J connectivity index is 1.70. The number of carbonyl (C=O) groups is 1. The Bertz CT molecular complexity index is 1170. The zero-order valence-corrected chi connectivity index (χ0v) is 17.9. The maximum absolute atomic E-state index is 13.3.